The lowest BCUT2D eigenvalue weighted by atomic mass is 9.97. The summed E-state index contributed by atoms with van der Waals surface area (Å²) < 4.78 is 0. The van der Waals surface area contributed by atoms with Crippen LogP contribution in [0.3, 0.4) is 0 Å². The third-order valence-electron chi connectivity index (χ3n) is 4.22. The molecule has 1 saturated heterocycles. The zero-order chi connectivity index (χ0) is 14.5. The topological polar surface area (TPSA) is 43.8 Å². The van der Waals surface area contributed by atoms with Crippen molar-refractivity contribution in [2.24, 2.45) is 0 Å². The van der Waals surface area contributed by atoms with Crippen molar-refractivity contribution in [2.75, 3.05) is 27.2 Å². The van der Waals surface area contributed by atoms with Crippen molar-refractivity contribution in [3.05, 3.63) is 35.9 Å². The number of likely N-dealkylation sites (tertiary alicyclic amines) is 1. The van der Waals surface area contributed by atoms with Crippen molar-refractivity contribution in [3.8, 4) is 0 Å². The fourth-order valence-electron chi connectivity index (χ4n) is 3.01. The summed E-state index contributed by atoms with van der Waals surface area (Å²) in [5.74, 6) is -0.728. The van der Waals surface area contributed by atoms with Crippen molar-refractivity contribution in [2.45, 2.75) is 31.3 Å². The summed E-state index contributed by atoms with van der Waals surface area (Å²) in [6, 6.07) is 10.6. The van der Waals surface area contributed by atoms with Crippen molar-refractivity contribution in [1.82, 2.24) is 9.80 Å². The number of hydrogen-bond donors (Lipinski definition) is 1. The average molecular weight is 276 g/mol. The molecule has 1 atom stereocenters. The van der Waals surface area contributed by atoms with Crippen LogP contribution in [0, 0.1) is 0 Å². The number of carboxylic acids is 1. The van der Waals surface area contributed by atoms with Crippen LogP contribution in [0.5, 0.6) is 0 Å². The van der Waals surface area contributed by atoms with E-state index in [0.717, 1.165) is 31.5 Å². The second-order valence-electron chi connectivity index (χ2n) is 5.76. The molecule has 20 heavy (non-hydrogen) atoms. The van der Waals surface area contributed by atoms with Crippen LogP contribution in [-0.4, -0.2) is 54.1 Å². The Bertz CT molecular complexity index is 425. The van der Waals surface area contributed by atoms with E-state index in [9.17, 15) is 9.90 Å². The van der Waals surface area contributed by atoms with Gasteiger partial charge in [-0.2, -0.15) is 0 Å². The second-order valence-corrected chi connectivity index (χ2v) is 5.76. The van der Waals surface area contributed by atoms with Gasteiger partial charge in [0, 0.05) is 25.2 Å². The molecule has 0 bridgehead atoms. The molecule has 2 rings (SSSR count). The van der Waals surface area contributed by atoms with E-state index in [-0.39, 0.29) is 12.5 Å². The first-order valence-corrected chi connectivity index (χ1v) is 7.25. The molecular weight excluding hydrogens is 252 g/mol. The van der Waals surface area contributed by atoms with Crippen molar-refractivity contribution in [1.29, 1.82) is 0 Å². The lowest BCUT2D eigenvalue weighted by Crippen LogP contribution is -2.43. The van der Waals surface area contributed by atoms with Gasteiger partial charge in [-0.25, -0.2) is 0 Å². The van der Waals surface area contributed by atoms with Crippen molar-refractivity contribution in [3.63, 3.8) is 0 Å². The predicted molar refractivity (Wildman–Crippen MR) is 79.7 cm³/mol. The smallest absolute Gasteiger partial charge is 0.305 e. The molecule has 1 unspecified atom stereocenters. The normalized spacial score (nSPS) is 19.1. The zero-order valence-corrected chi connectivity index (χ0v) is 12.3. The molecular formula is C16H24N2O2. The SMILES string of the molecule is CN(C)C1CCN(C(CC(=O)O)c2ccccc2)CC1. The van der Waals surface area contributed by atoms with Gasteiger partial charge in [-0.3, -0.25) is 9.69 Å². The maximum Gasteiger partial charge on any atom is 0.305 e. The Morgan fingerprint density at radius 3 is 2.40 bits per heavy atom. The van der Waals surface area contributed by atoms with Gasteiger partial charge in [0.2, 0.25) is 0 Å². The second kappa shape index (κ2) is 6.86. The quantitative estimate of drug-likeness (QED) is 0.895. The highest BCUT2D eigenvalue weighted by atomic mass is 16.4. The Morgan fingerprint density at radius 2 is 1.90 bits per heavy atom. The number of carbonyl (C=O) groups is 1. The van der Waals surface area contributed by atoms with E-state index < -0.39 is 5.97 Å². The van der Waals surface area contributed by atoms with Gasteiger partial charge in [0.05, 0.1) is 6.42 Å². The maximum atomic E-state index is 11.2. The highest BCUT2D eigenvalue weighted by Gasteiger charge is 2.28. The van der Waals surface area contributed by atoms with E-state index in [2.05, 4.69) is 23.9 Å². The Kier molecular flexibility index (Phi) is 5.15. The molecule has 1 fully saturated rings. The maximum absolute atomic E-state index is 11.2. The number of aliphatic carboxylic acids is 1. The first-order valence-electron chi connectivity index (χ1n) is 7.25. The Balaban J connectivity index is 2.07. The summed E-state index contributed by atoms with van der Waals surface area (Å²) in [7, 11) is 4.23. The molecule has 1 heterocycles. The molecule has 0 spiro atoms. The third kappa shape index (κ3) is 3.81. The monoisotopic (exact) mass is 276 g/mol. The minimum atomic E-state index is -0.728. The molecule has 4 nitrogen and oxygen atoms in total. The molecule has 0 saturated carbocycles. The van der Waals surface area contributed by atoms with Gasteiger partial charge in [0.1, 0.15) is 0 Å². The largest absolute Gasteiger partial charge is 0.481 e. The van der Waals surface area contributed by atoms with E-state index in [1.807, 2.05) is 30.3 Å². The Labute approximate surface area is 121 Å². The van der Waals surface area contributed by atoms with Crippen LogP contribution in [-0.2, 0) is 4.79 Å². The van der Waals surface area contributed by atoms with Crippen LogP contribution in [0.1, 0.15) is 30.9 Å². The van der Waals surface area contributed by atoms with Gasteiger partial charge in [-0.05, 0) is 32.5 Å². The van der Waals surface area contributed by atoms with E-state index in [0.29, 0.717) is 6.04 Å². The molecule has 0 radical (unpaired) electrons. The molecule has 110 valence electrons. The fourth-order valence-corrected chi connectivity index (χ4v) is 3.01. The molecule has 1 aromatic carbocycles. The van der Waals surface area contributed by atoms with Crippen LogP contribution in [0.4, 0.5) is 0 Å². The van der Waals surface area contributed by atoms with Crippen LogP contribution >= 0.6 is 0 Å². The standard InChI is InChI=1S/C16H24N2O2/c1-17(2)14-8-10-18(11-9-14)15(12-16(19)20)13-6-4-3-5-7-13/h3-7,14-15H,8-12H2,1-2H3,(H,19,20). The summed E-state index contributed by atoms with van der Waals surface area (Å²) in [4.78, 5) is 15.8. The Morgan fingerprint density at radius 1 is 1.30 bits per heavy atom. The first kappa shape index (κ1) is 15.0. The van der Waals surface area contributed by atoms with Crippen LogP contribution < -0.4 is 0 Å². The van der Waals surface area contributed by atoms with Gasteiger partial charge < -0.3 is 10.0 Å². The number of nitrogens with zero attached hydrogens (tertiary/aromatic N) is 2. The highest BCUT2D eigenvalue weighted by molar-refractivity contribution is 5.68. The third-order valence-corrected chi connectivity index (χ3v) is 4.22. The first-order chi connectivity index (χ1) is 9.58. The number of rotatable bonds is 5. The molecule has 1 N–H and O–H groups in total. The minimum absolute atomic E-state index is 0.00295. The fraction of sp³-hybridized carbons (Fsp3) is 0.562. The Hall–Kier alpha value is -1.39. The zero-order valence-electron chi connectivity index (χ0n) is 12.3. The summed E-state index contributed by atoms with van der Waals surface area (Å²) in [6.07, 6.45) is 2.39. The number of benzene rings is 1. The number of carboxylic acid groups (broad SMARTS) is 1. The van der Waals surface area contributed by atoms with E-state index in [1.165, 1.54) is 0 Å². The van der Waals surface area contributed by atoms with E-state index >= 15 is 0 Å². The summed E-state index contributed by atoms with van der Waals surface area (Å²) in [6.45, 7) is 1.94. The molecule has 0 aromatic heterocycles. The van der Waals surface area contributed by atoms with Gasteiger partial charge in [-0.15, -0.1) is 0 Å². The molecule has 0 amide bonds. The lowest BCUT2D eigenvalue weighted by molar-refractivity contribution is -0.138. The van der Waals surface area contributed by atoms with Crippen LogP contribution in [0.25, 0.3) is 0 Å². The number of piperidine rings is 1. The molecule has 4 heteroatoms. The highest BCUT2D eigenvalue weighted by Crippen LogP contribution is 2.28. The van der Waals surface area contributed by atoms with Gasteiger partial charge in [0.15, 0.2) is 0 Å². The number of hydrogen-bond acceptors (Lipinski definition) is 3. The van der Waals surface area contributed by atoms with Gasteiger partial charge in [-0.1, -0.05) is 30.3 Å². The molecule has 1 aliphatic rings. The summed E-state index contributed by atoms with van der Waals surface area (Å²) >= 11 is 0. The van der Waals surface area contributed by atoms with E-state index in [4.69, 9.17) is 0 Å². The minimum Gasteiger partial charge on any atom is -0.481 e. The van der Waals surface area contributed by atoms with Crippen molar-refractivity contribution < 1.29 is 9.90 Å². The molecule has 1 aromatic rings. The molecule has 1 aliphatic heterocycles. The van der Waals surface area contributed by atoms with Crippen molar-refractivity contribution >= 4 is 5.97 Å². The average Bonchev–Trinajstić information content (AvgIpc) is 2.45. The van der Waals surface area contributed by atoms with Gasteiger partial charge >= 0.3 is 5.97 Å². The summed E-state index contributed by atoms with van der Waals surface area (Å²) in [5.41, 5.74) is 1.11. The summed E-state index contributed by atoms with van der Waals surface area (Å²) in [5, 5.41) is 9.18. The van der Waals surface area contributed by atoms with Crippen LogP contribution in [0.2, 0.25) is 0 Å². The van der Waals surface area contributed by atoms with Gasteiger partial charge in [0.25, 0.3) is 0 Å². The van der Waals surface area contributed by atoms with E-state index in [1.54, 1.807) is 0 Å². The van der Waals surface area contributed by atoms with Crippen LogP contribution in [0.15, 0.2) is 30.3 Å². The predicted octanol–water partition coefficient (Wildman–Crippen LogP) is 2.23. The lowest BCUT2D eigenvalue weighted by Gasteiger charge is -2.39. The molecule has 0 aliphatic carbocycles.